The second-order valence-electron chi connectivity index (χ2n) is 6.68. The van der Waals surface area contributed by atoms with E-state index in [4.69, 9.17) is 0 Å². The van der Waals surface area contributed by atoms with Gasteiger partial charge in [-0.1, -0.05) is 30.9 Å². The van der Waals surface area contributed by atoms with Crippen LogP contribution in [0, 0.1) is 6.92 Å². The predicted molar refractivity (Wildman–Crippen MR) is 95.7 cm³/mol. The molecule has 7 nitrogen and oxygen atoms in total. The van der Waals surface area contributed by atoms with Crippen LogP contribution in [-0.2, 0) is 6.54 Å². The first-order valence-electron chi connectivity index (χ1n) is 8.83. The zero-order valence-electron chi connectivity index (χ0n) is 14.3. The molecule has 25 heavy (non-hydrogen) atoms. The number of aromatic nitrogens is 5. The van der Waals surface area contributed by atoms with Crippen LogP contribution in [0.15, 0.2) is 18.6 Å². The number of imidazole rings is 1. The molecule has 8 heteroatoms. The Labute approximate surface area is 150 Å². The van der Waals surface area contributed by atoms with E-state index < -0.39 is 0 Å². The monoisotopic (exact) mass is 358 g/mol. The van der Waals surface area contributed by atoms with Gasteiger partial charge in [0, 0.05) is 17.3 Å². The number of nitrogens with one attached hydrogen (secondary N) is 1. The van der Waals surface area contributed by atoms with Crippen molar-refractivity contribution < 1.29 is 4.79 Å². The van der Waals surface area contributed by atoms with E-state index in [1.165, 1.54) is 30.6 Å². The number of hydrogen-bond donors (Lipinski definition) is 1. The third kappa shape index (κ3) is 3.58. The van der Waals surface area contributed by atoms with E-state index >= 15 is 0 Å². The molecule has 1 aliphatic carbocycles. The standard InChI is InChI=1S/C17H22N6OS/c1-12-9-22-10-13(19-17(22)25-12)8-18-16(24)15-11-23(21-20-15)14-6-4-2-3-5-7-14/h9-11,14H,2-8H2,1H3,(H,18,24). The molecule has 1 amide bonds. The maximum Gasteiger partial charge on any atom is 0.273 e. The summed E-state index contributed by atoms with van der Waals surface area (Å²) < 4.78 is 3.86. The molecule has 132 valence electrons. The number of rotatable bonds is 4. The molecule has 3 heterocycles. The Kier molecular flexibility index (Phi) is 4.52. The largest absolute Gasteiger partial charge is 0.345 e. The van der Waals surface area contributed by atoms with Crippen molar-refractivity contribution in [2.45, 2.75) is 58.0 Å². The summed E-state index contributed by atoms with van der Waals surface area (Å²) in [5.74, 6) is -0.201. The fourth-order valence-electron chi connectivity index (χ4n) is 3.39. The molecule has 4 rings (SSSR count). The van der Waals surface area contributed by atoms with E-state index in [0.717, 1.165) is 23.5 Å². The van der Waals surface area contributed by atoms with Crippen molar-refractivity contribution in [2.75, 3.05) is 0 Å². The van der Waals surface area contributed by atoms with E-state index in [9.17, 15) is 4.79 Å². The second-order valence-corrected chi connectivity index (χ2v) is 7.89. The number of hydrogen-bond acceptors (Lipinski definition) is 5. The fourth-order valence-corrected chi connectivity index (χ4v) is 4.22. The van der Waals surface area contributed by atoms with Gasteiger partial charge in [0.15, 0.2) is 10.7 Å². The minimum Gasteiger partial charge on any atom is -0.345 e. The van der Waals surface area contributed by atoms with Gasteiger partial charge < -0.3 is 5.32 Å². The Hall–Kier alpha value is -2.22. The molecule has 0 aliphatic heterocycles. The third-order valence-corrected chi connectivity index (χ3v) is 5.61. The number of amides is 1. The molecule has 1 N–H and O–H groups in total. The van der Waals surface area contributed by atoms with Gasteiger partial charge in [-0.25, -0.2) is 9.67 Å². The van der Waals surface area contributed by atoms with Crippen molar-refractivity contribution in [1.29, 1.82) is 0 Å². The molecule has 0 unspecified atom stereocenters. The predicted octanol–water partition coefficient (Wildman–Crippen LogP) is 3.12. The van der Waals surface area contributed by atoms with Crippen LogP contribution in [0.3, 0.4) is 0 Å². The smallest absolute Gasteiger partial charge is 0.273 e. The maximum atomic E-state index is 12.3. The van der Waals surface area contributed by atoms with Crippen LogP contribution in [0.5, 0.6) is 0 Å². The molecule has 0 atom stereocenters. The third-order valence-electron chi connectivity index (χ3n) is 4.69. The molecular formula is C17H22N6OS. The highest BCUT2D eigenvalue weighted by Gasteiger charge is 2.18. The van der Waals surface area contributed by atoms with E-state index in [1.807, 2.05) is 21.5 Å². The first kappa shape index (κ1) is 16.3. The summed E-state index contributed by atoms with van der Waals surface area (Å²) >= 11 is 1.64. The van der Waals surface area contributed by atoms with Gasteiger partial charge in [-0.05, 0) is 19.8 Å². The van der Waals surface area contributed by atoms with Crippen LogP contribution in [-0.4, -0.2) is 30.3 Å². The van der Waals surface area contributed by atoms with E-state index in [1.54, 1.807) is 17.5 Å². The molecule has 0 bridgehead atoms. The summed E-state index contributed by atoms with van der Waals surface area (Å²) in [7, 11) is 0. The lowest BCUT2D eigenvalue weighted by molar-refractivity contribution is 0.0945. The van der Waals surface area contributed by atoms with E-state index in [0.29, 0.717) is 18.3 Å². The van der Waals surface area contributed by atoms with Crippen LogP contribution >= 0.6 is 11.3 Å². The summed E-state index contributed by atoms with van der Waals surface area (Å²) in [5.41, 5.74) is 1.22. The first-order chi connectivity index (χ1) is 12.2. The number of fused-ring (bicyclic) bond motifs is 1. The van der Waals surface area contributed by atoms with Crippen molar-refractivity contribution in [3.8, 4) is 0 Å². The lowest BCUT2D eigenvalue weighted by Gasteiger charge is -2.12. The first-order valence-corrected chi connectivity index (χ1v) is 9.65. The lowest BCUT2D eigenvalue weighted by Crippen LogP contribution is -2.23. The molecule has 1 aliphatic rings. The fraction of sp³-hybridized carbons (Fsp3) is 0.529. The van der Waals surface area contributed by atoms with Crippen molar-refractivity contribution >= 4 is 22.2 Å². The molecule has 1 fully saturated rings. The molecule has 3 aromatic rings. The summed E-state index contributed by atoms with van der Waals surface area (Å²) in [6.45, 7) is 2.45. The zero-order valence-corrected chi connectivity index (χ0v) is 15.1. The molecule has 0 spiro atoms. The summed E-state index contributed by atoms with van der Waals surface area (Å²) in [4.78, 5) is 19.0. The average Bonchev–Trinajstić information content (AvgIpc) is 3.22. The van der Waals surface area contributed by atoms with Crippen molar-refractivity contribution in [2.24, 2.45) is 0 Å². The van der Waals surface area contributed by atoms with Gasteiger partial charge in [-0.3, -0.25) is 9.20 Å². The molecule has 0 saturated heterocycles. The highest BCUT2D eigenvalue weighted by molar-refractivity contribution is 7.16. The molecule has 3 aromatic heterocycles. The Morgan fingerprint density at radius 3 is 2.80 bits per heavy atom. The van der Waals surface area contributed by atoms with Crippen LogP contribution in [0.4, 0.5) is 0 Å². The van der Waals surface area contributed by atoms with Crippen molar-refractivity contribution in [3.63, 3.8) is 0 Å². The molecule has 0 aromatic carbocycles. The van der Waals surface area contributed by atoms with Gasteiger partial charge in [-0.2, -0.15) is 0 Å². The highest BCUT2D eigenvalue weighted by atomic mass is 32.1. The summed E-state index contributed by atoms with van der Waals surface area (Å²) in [6.07, 6.45) is 13.0. The minimum atomic E-state index is -0.201. The lowest BCUT2D eigenvalue weighted by atomic mass is 10.1. The quantitative estimate of drug-likeness (QED) is 0.727. The average molecular weight is 358 g/mol. The normalized spacial score (nSPS) is 16.2. The zero-order chi connectivity index (χ0) is 17.2. The second kappa shape index (κ2) is 6.95. The van der Waals surface area contributed by atoms with Gasteiger partial charge in [0.2, 0.25) is 0 Å². The summed E-state index contributed by atoms with van der Waals surface area (Å²) in [5, 5.41) is 11.1. The van der Waals surface area contributed by atoms with E-state index in [-0.39, 0.29) is 5.91 Å². The van der Waals surface area contributed by atoms with Crippen LogP contribution in [0.2, 0.25) is 0 Å². The van der Waals surface area contributed by atoms with Crippen LogP contribution in [0.25, 0.3) is 4.96 Å². The highest BCUT2D eigenvalue weighted by Crippen LogP contribution is 2.26. The molecule has 1 saturated carbocycles. The number of carbonyl (C=O) groups is 1. The van der Waals surface area contributed by atoms with Gasteiger partial charge in [-0.15, -0.1) is 16.4 Å². The Morgan fingerprint density at radius 2 is 2.04 bits per heavy atom. The number of thiazole rings is 1. The number of aryl methyl sites for hydroxylation is 1. The van der Waals surface area contributed by atoms with Crippen LogP contribution < -0.4 is 5.32 Å². The van der Waals surface area contributed by atoms with Gasteiger partial charge in [0.05, 0.1) is 24.5 Å². The van der Waals surface area contributed by atoms with E-state index in [2.05, 4.69) is 27.5 Å². The Balaban J connectivity index is 1.38. The molecule has 0 radical (unpaired) electrons. The van der Waals surface area contributed by atoms with Gasteiger partial charge in [0.25, 0.3) is 5.91 Å². The van der Waals surface area contributed by atoms with Gasteiger partial charge in [0.1, 0.15) is 0 Å². The van der Waals surface area contributed by atoms with Gasteiger partial charge >= 0.3 is 0 Å². The Bertz CT molecular complexity index is 839. The molecular weight excluding hydrogens is 336 g/mol. The summed E-state index contributed by atoms with van der Waals surface area (Å²) in [6, 6.07) is 0.375. The van der Waals surface area contributed by atoms with Crippen LogP contribution in [0.1, 0.15) is 65.6 Å². The minimum absolute atomic E-state index is 0.201. The Morgan fingerprint density at radius 1 is 1.24 bits per heavy atom. The number of carbonyl (C=O) groups excluding carboxylic acids is 1. The SMILES string of the molecule is Cc1cn2cc(CNC(=O)c3cn(C4CCCCCC4)nn3)nc2s1. The maximum absolute atomic E-state index is 12.3. The van der Waals surface area contributed by atoms with Crippen molar-refractivity contribution in [1.82, 2.24) is 29.7 Å². The number of nitrogens with zero attached hydrogens (tertiary/aromatic N) is 5. The van der Waals surface area contributed by atoms with Crippen molar-refractivity contribution in [3.05, 3.63) is 34.9 Å². The topological polar surface area (TPSA) is 77.1 Å².